The first kappa shape index (κ1) is 11.9. The first-order valence-corrected chi connectivity index (χ1v) is 6.89. The lowest BCUT2D eigenvalue weighted by Gasteiger charge is -2.14. The minimum Gasteiger partial charge on any atom is -0.218 e. The molecule has 2 aromatic carbocycles. The van der Waals surface area contributed by atoms with Gasteiger partial charge in [-0.15, -0.1) is 0 Å². The van der Waals surface area contributed by atoms with Crippen molar-refractivity contribution in [2.45, 2.75) is 6.92 Å². The molecule has 0 saturated heterocycles. The van der Waals surface area contributed by atoms with E-state index in [1.54, 1.807) is 17.6 Å². The predicted molar refractivity (Wildman–Crippen MR) is 82.4 cm³/mol. The molecule has 0 atom stereocenters. The molecule has 0 spiro atoms. The minimum atomic E-state index is 0.880. The van der Waals surface area contributed by atoms with Crippen LogP contribution in [0.3, 0.4) is 0 Å². The number of thiazole rings is 1. The van der Waals surface area contributed by atoms with Crippen LogP contribution in [0.1, 0.15) is 6.92 Å². The van der Waals surface area contributed by atoms with E-state index in [9.17, 15) is 0 Å². The number of hydrogen-bond donors (Lipinski definition) is 0. The van der Waals surface area contributed by atoms with Crippen molar-refractivity contribution in [2.24, 2.45) is 5.10 Å². The molecule has 0 bridgehead atoms. The van der Waals surface area contributed by atoms with Gasteiger partial charge in [-0.25, -0.2) is 9.99 Å². The molecular weight excluding hydrogens is 254 g/mol. The summed E-state index contributed by atoms with van der Waals surface area (Å²) in [6.45, 7) is 1.91. The third-order valence-corrected chi connectivity index (χ3v) is 3.71. The fourth-order valence-electron chi connectivity index (χ4n) is 1.86. The van der Waals surface area contributed by atoms with Gasteiger partial charge in [0, 0.05) is 6.21 Å². The number of aromatic nitrogens is 1. The summed E-state index contributed by atoms with van der Waals surface area (Å²) >= 11 is 1.64. The zero-order chi connectivity index (χ0) is 13.1. The van der Waals surface area contributed by atoms with Crippen molar-refractivity contribution in [3.63, 3.8) is 0 Å². The van der Waals surface area contributed by atoms with Gasteiger partial charge in [0.2, 0.25) is 5.13 Å². The molecule has 0 radical (unpaired) electrons. The average molecular weight is 267 g/mol. The van der Waals surface area contributed by atoms with E-state index in [4.69, 9.17) is 0 Å². The monoisotopic (exact) mass is 267 g/mol. The minimum absolute atomic E-state index is 0.880. The van der Waals surface area contributed by atoms with Crippen molar-refractivity contribution < 1.29 is 0 Å². The van der Waals surface area contributed by atoms with Gasteiger partial charge in [0.15, 0.2) is 0 Å². The molecular formula is C15H13N3S. The summed E-state index contributed by atoms with van der Waals surface area (Å²) in [6.07, 6.45) is 1.78. The highest BCUT2D eigenvalue weighted by molar-refractivity contribution is 7.22. The molecule has 3 nitrogen and oxygen atoms in total. The largest absolute Gasteiger partial charge is 0.218 e. The van der Waals surface area contributed by atoms with Gasteiger partial charge in [-0.1, -0.05) is 41.7 Å². The Balaban J connectivity index is 2.09. The predicted octanol–water partition coefficient (Wildman–Crippen LogP) is 4.44. The van der Waals surface area contributed by atoms with Crippen LogP contribution in [0.5, 0.6) is 0 Å². The Hall–Kier alpha value is -2.20. The maximum Gasteiger partial charge on any atom is 0.211 e. The van der Waals surface area contributed by atoms with Crippen LogP contribution in [0.2, 0.25) is 0 Å². The van der Waals surface area contributed by atoms with Crippen molar-refractivity contribution in [2.75, 3.05) is 5.01 Å². The van der Waals surface area contributed by atoms with Crippen LogP contribution < -0.4 is 5.01 Å². The molecule has 3 rings (SSSR count). The van der Waals surface area contributed by atoms with Crippen LogP contribution in [-0.4, -0.2) is 11.2 Å². The topological polar surface area (TPSA) is 28.5 Å². The standard InChI is InChI=1S/C15H13N3S/c1-2-16-18(12-8-4-3-5-9-12)15-17-13-10-6-7-11-14(13)19-15/h2-11H,1H3/b16-2+. The Morgan fingerprint density at radius 1 is 1.05 bits per heavy atom. The summed E-state index contributed by atoms with van der Waals surface area (Å²) in [6, 6.07) is 18.2. The smallest absolute Gasteiger partial charge is 0.211 e. The van der Waals surface area contributed by atoms with Gasteiger partial charge in [-0.2, -0.15) is 5.10 Å². The van der Waals surface area contributed by atoms with Crippen LogP contribution in [0.15, 0.2) is 59.7 Å². The van der Waals surface area contributed by atoms with Gasteiger partial charge < -0.3 is 0 Å². The van der Waals surface area contributed by atoms with Crippen molar-refractivity contribution in [1.29, 1.82) is 0 Å². The number of nitrogens with zero attached hydrogens (tertiary/aromatic N) is 3. The van der Waals surface area contributed by atoms with E-state index in [1.165, 1.54) is 4.70 Å². The second-order valence-electron chi connectivity index (χ2n) is 3.99. The summed E-state index contributed by atoms with van der Waals surface area (Å²) < 4.78 is 1.17. The Bertz CT molecular complexity index is 670. The summed E-state index contributed by atoms with van der Waals surface area (Å²) in [5.74, 6) is 0. The summed E-state index contributed by atoms with van der Waals surface area (Å²) in [7, 11) is 0. The van der Waals surface area contributed by atoms with Crippen molar-refractivity contribution in [3.8, 4) is 0 Å². The van der Waals surface area contributed by atoms with Crippen LogP contribution >= 0.6 is 11.3 Å². The average Bonchev–Trinajstić information content (AvgIpc) is 2.89. The lowest BCUT2D eigenvalue weighted by molar-refractivity contribution is 1.08. The molecule has 4 heteroatoms. The SMILES string of the molecule is C/C=N/N(c1ccccc1)c1nc2ccccc2s1. The zero-order valence-electron chi connectivity index (χ0n) is 10.5. The highest BCUT2D eigenvalue weighted by atomic mass is 32.1. The zero-order valence-corrected chi connectivity index (χ0v) is 11.3. The molecule has 0 aliphatic carbocycles. The van der Waals surface area contributed by atoms with E-state index in [0.29, 0.717) is 0 Å². The molecule has 94 valence electrons. The van der Waals surface area contributed by atoms with Gasteiger partial charge in [0.05, 0.1) is 15.9 Å². The second kappa shape index (κ2) is 5.20. The maximum atomic E-state index is 4.64. The van der Waals surface area contributed by atoms with E-state index >= 15 is 0 Å². The van der Waals surface area contributed by atoms with Crippen LogP contribution in [0.25, 0.3) is 10.2 Å². The summed E-state index contributed by atoms with van der Waals surface area (Å²) in [5, 5.41) is 7.16. The normalized spacial score (nSPS) is 11.2. The van der Waals surface area contributed by atoms with Crippen molar-refractivity contribution in [1.82, 2.24) is 4.98 Å². The van der Waals surface area contributed by atoms with Gasteiger partial charge in [-0.3, -0.25) is 0 Å². The molecule has 0 amide bonds. The van der Waals surface area contributed by atoms with Crippen molar-refractivity contribution in [3.05, 3.63) is 54.6 Å². The maximum absolute atomic E-state index is 4.64. The molecule has 0 saturated carbocycles. The third-order valence-electron chi connectivity index (χ3n) is 2.70. The molecule has 0 aliphatic rings. The van der Waals surface area contributed by atoms with E-state index in [-0.39, 0.29) is 0 Å². The Kier molecular flexibility index (Phi) is 3.25. The van der Waals surface area contributed by atoms with E-state index in [2.05, 4.69) is 16.2 Å². The Labute approximate surface area is 115 Å². The number of fused-ring (bicyclic) bond motifs is 1. The number of anilines is 2. The Morgan fingerprint density at radius 2 is 1.79 bits per heavy atom. The first-order chi connectivity index (χ1) is 9.38. The molecule has 3 aromatic rings. The fraction of sp³-hybridized carbons (Fsp3) is 0.0667. The lowest BCUT2D eigenvalue weighted by atomic mass is 10.3. The Morgan fingerprint density at radius 3 is 2.53 bits per heavy atom. The van der Waals surface area contributed by atoms with Crippen molar-refractivity contribution >= 4 is 38.6 Å². The molecule has 0 unspecified atom stereocenters. The lowest BCUT2D eigenvalue weighted by Crippen LogP contribution is -2.08. The quantitative estimate of drug-likeness (QED) is 0.518. The van der Waals surface area contributed by atoms with E-state index in [1.807, 2.05) is 60.5 Å². The highest BCUT2D eigenvalue weighted by Crippen LogP contribution is 2.33. The molecule has 19 heavy (non-hydrogen) atoms. The van der Waals surface area contributed by atoms with Gasteiger partial charge in [0.25, 0.3) is 0 Å². The fourth-order valence-corrected chi connectivity index (χ4v) is 2.81. The molecule has 0 fully saturated rings. The van der Waals surface area contributed by atoms with Gasteiger partial charge >= 0.3 is 0 Å². The van der Waals surface area contributed by atoms with Gasteiger partial charge in [0.1, 0.15) is 0 Å². The molecule has 1 aromatic heterocycles. The third kappa shape index (κ3) is 2.35. The van der Waals surface area contributed by atoms with Crippen LogP contribution in [-0.2, 0) is 0 Å². The second-order valence-corrected chi connectivity index (χ2v) is 4.99. The molecule has 0 N–H and O–H groups in total. The van der Waals surface area contributed by atoms with Gasteiger partial charge in [-0.05, 0) is 31.2 Å². The highest BCUT2D eigenvalue weighted by Gasteiger charge is 2.12. The van der Waals surface area contributed by atoms with Crippen LogP contribution in [0.4, 0.5) is 10.8 Å². The first-order valence-electron chi connectivity index (χ1n) is 6.08. The molecule has 0 aliphatic heterocycles. The molecule has 1 heterocycles. The van der Waals surface area contributed by atoms with E-state index < -0.39 is 0 Å². The number of hydrogen-bond acceptors (Lipinski definition) is 4. The number of hydrazone groups is 1. The number of benzene rings is 2. The summed E-state index contributed by atoms with van der Waals surface area (Å²) in [4.78, 5) is 4.64. The van der Waals surface area contributed by atoms with E-state index in [0.717, 1.165) is 16.3 Å². The number of rotatable bonds is 3. The van der Waals surface area contributed by atoms with Crippen LogP contribution in [0, 0.1) is 0 Å². The summed E-state index contributed by atoms with van der Waals surface area (Å²) in [5.41, 5.74) is 2.02. The number of para-hydroxylation sites is 2.